The minimum absolute atomic E-state index is 0.0548. The van der Waals surface area contributed by atoms with Gasteiger partial charge in [0.2, 0.25) is 0 Å². The molecule has 3 heterocycles. The predicted molar refractivity (Wildman–Crippen MR) is 105 cm³/mol. The van der Waals surface area contributed by atoms with E-state index >= 15 is 0 Å². The topological polar surface area (TPSA) is 82.9 Å². The van der Waals surface area contributed by atoms with Crippen molar-refractivity contribution in [3.05, 3.63) is 51.9 Å². The minimum Gasteiger partial charge on any atom is -0.490 e. The molecule has 1 atom stereocenters. The number of methoxy groups -OCH3 is 1. The van der Waals surface area contributed by atoms with Gasteiger partial charge in [-0.2, -0.15) is 5.10 Å². The lowest BCUT2D eigenvalue weighted by molar-refractivity contribution is 0.0725. The molecule has 1 aromatic carbocycles. The summed E-state index contributed by atoms with van der Waals surface area (Å²) in [6.45, 7) is 2.58. The summed E-state index contributed by atoms with van der Waals surface area (Å²) in [5, 5.41) is 4.25. The van der Waals surface area contributed by atoms with E-state index in [1.165, 1.54) is 16.8 Å². The average Bonchev–Trinajstić information content (AvgIpc) is 3.11. The van der Waals surface area contributed by atoms with Gasteiger partial charge in [0.05, 0.1) is 32.4 Å². The number of hydrogen-bond donors (Lipinski definition) is 0. The van der Waals surface area contributed by atoms with E-state index < -0.39 is 0 Å². The molecule has 0 radical (unpaired) electrons. The van der Waals surface area contributed by atoms with Crippen LogP contribution in [0.5, 0.6) is 11.5 Å². The molecular formula is C21H25N3O5. The van der Waals surface area contributed by atoms with Gasteiger partial charge in [-0.05, 0) is 36.6 Å². The van der Waals surface area contributed by atoms with E-state index in [2.05, 4.69) is 5.10 Å². The summed E-state index contributed by atoms with van der Waals surface area (Å²) in [4.78, 5) is 27.0. The van der Waals surface area contributed by atoms with E-state index in [1.807, 2.05) is 23.1 Å². The monoisotopic (exact) mass is 399 g/mol. The van der Waals surface area contributed by atoms with Crippen molar-refractivity contribution in [3.63, 3.8) is 0 Å². The van der Waals surface area contributed by atoms with Crippen LogP contribution in [0.2, 0.25) is 0 Å². The van der Waals surface area contributed by atoms with Gasteiger partial charge in [0, 0.05) is 26.1 Å². The van der Waals surface area contributed by atoms with E-state index in [9.17, 15) is 9.59 Å². The van der Waals surface area contributed by atoms with Crippen molar-refractivity contribution in [2.75, 3.05) is 33.5 Å². The lowest BCUT2D eigenvalue weighted by Crippen LogP contribution is -2.34. The third-order valence-electron chi connectivity index (χ3n) is 5.26. The lowest BCUT2D eigenvalue weighted by Gasteiger charge is -2.25. The molecule has 8 nitrogen and oxygen atoms in total. The Balaban J connectivity index is 1.58. The highest BCUT2D eigenvalue weighted by molar-refractivity contribution is 5.92. The summed E-state index contributed by atoms with van der Waals surface area (Å²) < 4.78 is 17.8. The molecule has 154 valence electrons. The Morgan fingerprint density at radius 3 is 2.83 bits per heavy atom. The number of likely N-dealkylation sites (tertiary alicyclic amines) is 1. The van der Waals surface area contributed by atoms with Gasteiger partial charge in [0.25, 0.3) is 11.5 Å². The Bertz CT molecular complexity index is 942. The summed E-state index contributed by atoms with van der Waals surface area (Å²) in [5.74, 6) is 1.30. The number of nitrogens with zero attached hydrogens (tertiary/aromatic N) is 3. The third-order valence-corrected chi connectivity index (χ3v) is 5.26. The van der Waals surface area contributed by atoms with Crippen molar-refractivity contribution < 1.29 is 19.0 Å². The summed E-state index contributed by atoms with van der Waals surface area (Å²) in [6, 6.07) is 8.72. The van der Waals surface area contributed by atoms with Crippen molar-refractivity contribution in [2.45, 2.75) is 31.8 Å². The highest BCUT2D eigenvalue weighted by Gasteiger charge is 2.32. The first-order valence-electron chi connectivity index (χ1n) is 9.95. The zero-order valence-electron chi connectivity index (χ0n) is 16.5. The van der Waals surface area contributed by atoms with E-state index in [4.69, 9.17) is 14.2 Å². The molecule has 0 saturated carbocycles. The van der Waals surface area contributed by atoms with E-state index in [0.717, 1.165) is 36.3 Å². The fourth-order valence-electron chi connectivity index (χ4n) is 3.79. The Morgan fingerprint density at radius 1 is 1.17 bits per heavy atom. The molecule has 2 aromatic rings. The Kier molecular flexibility index (Phi) is 5.80. The van der Waals surface area contributed by atoms with Crippen molar-refractivity contribution >= 4 is 5.91 Å². The van der Waals surface area contributed by atoms with Crippen molar-refractivity contribution in [1.29, 1.82) is 0 Å². The van der Waals surface area contributed by atoms with Crippen LogP contribution in [0.1, 0.15) is 41.4 Å². The zero-order chi connectivity index (χ0) is 20.2. The fraction of sp³-hybridized carbons (Fsp3) is 0.476. The molecule has 8 heteroatoms. The van der Waals surface area contributed by atoms with Gasteiger partial charge in [-0.25, -0.2) is 4.68 Å². The van der Waals surface area contributed by atoms with Crippen LogP contribution >= 0.6 is 0 Å². The maximum absolute atomic E-state index is 13.2. The summed E-state index contributed by atoms with van der Waals surface area (Å²) in [6.07, 6.45) is 2.63. The van der Waals surface area contributed by atoms with E-state index in [0.29, 0.717) is 32.9 Å². The van der Waals surface area contributed by atoms with Crippen molar-refractivity contribution in [3.8, 4) is 11.5 Å². The maximum Gasteiger partial charge on any atom is 0.274 e. The number of hydrogen-bond acceptors (Lipinski definition) is 6. The van der Waals surface area contributed by atoms with Crippen LogP contribution in [0.15, 0.2) is 35.1 Å². The second-order valence-corrected chi connectivity index (χ2v) is 7.19. The number of carbonyl (C=O) groups excluding carboxylic acids is 1. The molecule has 1 fully saturated rings. The fourth-order valence-corrected chi connectivity index (χ4v) is 3.79. The predicted octanol–water partition coefficient (Wildman–Crippen LogP) is 2.03. The summed E-state index contributed by atoms with van der Waals surface area (Å²) in [7, 11) is 1.56. The van der Waals surface area contributed by atoms with Crippen LogP contribution in [-0.4, -0.2) is 54.1 Å². The van der Waals surface area contributed by atoms with E-state index in [1.54, 1.807) is 7.11 Å². The number of carbonyl (C=O) groups is 1. The molecular weight excluding hydrogens is 374 g/mol. The van der Waals surface area contributed by atoms with Gasteiger partial charge in [-0.15, -0.1) is 0 Å². The summed E-state index contributed by atoms with van der Waals surface area (Å²) >= 11 is 0. The van der Waals surface area contributed by atoms with Crippen LogP contribution < -0.4 is 15.0 Å². The highest BCUT2D eigenvalue weighted by atomic mass is 16.5. The number of rotatable bonds is 5. The molecule has 29 heavy (non-hydrogen) atoms. The highest BCUT2D eigenvalue weighted by Crippen LogP contribution is 2.38. The van der Waals surface area contributed by atoms with Crippen LogP contribution in [-0.2, 0) is 11.3 Å². The normalized spacial score (nSPS) is 18.5. The smallest absolute Gasteiger partial charge is 0.274 e. The molecule has 0 N–H and O–H groups in total. The Hall–Kier alpha value is -2.87. The van der Waals surface area contributed by atoms with Gasteiger partial charge in [0.15, 0.2) is 11.5 Å². The van der Waals surface area contributed by atoms with Gasteiger partial charge in [-0.3, -0.25) is 9.59 Å². The van der Waals surface area contributed by atoms with Crippen molar-refractivity contribution in [1.82, 2.24) is 14.7 Å². The molecule has 1 unspecified atom stereocenters. The first kappa shape index (κ1) is 19.4. The van der Waals surface area contributed by atoms with Gasteiger partial charge in [0.1, 0.15) is 5.69 Å². The molecule has 4 rings (SSSR count). The standard InChI is InChI=1S/C21H25N3O5/c1-27-13-10-24-20(25)8-6-16(22-24)21(26)23-9-2-4-17(23)15-5-7-18-19(14-15)29-12-3-11-28-18/h5-8,14,17H,2-4,9-13H2,1H3. The minimum atomic E-state index is -0.250. The largest absolute Gasteiger partial charge is 0.490 e. The van der Waals surface area contributed by atoms with E-state index in [-0.39, 0.29) is 23.2 Å². The quantitative estimate of drug-likeness (QED) is 0.765. The molecule has 0 aliphatic carbocycles. The second kappa shape index (κ2) is 8.65. The lowest BCUT2D eigenvalue weighted by atomic mass is 10.0. The third kappa shape index (κ3) is 4.12. The molecule has 1 amide bonds. The van der Waals surface area contributed by atoms with Gasteiger partial charge < -0.3 is 19.1 Å². The van der Waals surface area contributed by atoms with Gasteiger partial charge >= 0.3 is 0 Å². The molecule has 0 spiro atoms. The number of ether oxygens (including phenoxy) is 3. The number of amides is 1. The molecule has 1 aromatic heterocycles. The SMILES string of the molecule is COCCn1nc(C(=O)N2CCCC2c2ccc3c(c2)OCCCO3)ccc1=O. The Labute approximate surface area is 169 Å². The number of aromatic nitrogens is 2. The van der Waals surface area contributed by atoms with Crippen molar-refractivity contribution in [2.24, 2.45) is 0 Å². The summed E-state index contributed by atoms with van der Waals surface area (Å²) in [5.41, 5.74) is 1.04. The second-order valence-electron chi connectivity index (χ2n) is 7.19. The Morgan fingerprint density at radius 2 is 2.00 bits per heavy atom. The zero-order valence-corrected chi connectivity index (χ0v) is 16.5. The van der Waals surface area contributed by atoms with Crippen LogP contribution in [0.4, 0.5) is 0 Å². The number of fused-ring (bicyclic) bond motifs is 1. The first-order valence-corrected chi connectivity index (χ1v) is 9.95. The molecule has 1 saturated heterocycles. The first-order chi connectivity index (χ1) is 14.2. The number of benzene rings is 1. The van der Waals surface area contributed by atoms with Crippen LogP contribution in [0.3, 0.4) is 0 Å². The maximum atomic E-state index is 13.2. The molecule has 2 aliphatic heterocycles. The van der Waals surface area contributed by atoms with Gasteiger partial charge in [-0.1, -0.05) is 6.07 Å². The molecule has 2 aliphatic rings. The average molecular weight is 399 g/mol. The van der Waals surface area contributed by atoms with Crippen LogP contribution in [0.25, 0.3) is 0 Å². The molecule has 0 bridgehead atoms. The van der Waals surface area contributed by atoms with Crippen LogP contribution in [0, 0.1) is 0 Å².